The third-order valence-electron chi connectivity index (χ3n) is 11.1. The normalized spacial score (nSPS) is 40.1. The molecule has 0 radical (unpaired) electrons. The molecule has 194 valence electrons. The molecular weight excluding hydrogens is 418 g/mol. The van der Waals surface area contributed by atoms with E-state index >= 15 is 0 Å². The second kappa shape index (κ2) is 10.6. The van der Waals surface area contributed by atoms with Crippen LogP contribution in [0.15, 0.2) is 11.6 Å². The largest absolute Gasteiger partial charge is 0.446 e. The first-order chi connectivity index (χ1) is 16.2. The van der Waals surface area contributed by atoms with Crippen LogP contribution >= 0.6 is 0 Å². The zero-order valence-corrected chi connectivity index (χ0v) is 23.1. The number of nitrogens with one attached hydrogen (secondary N) is 1. The van der Waals surface area contributed by atoms with Crippen LogP contribution in [0.2, 0.25) is 0 Å². The lowest BCUT2D eigenvalue weighted by Crippen LogP contribution is -2.51. The van der Waals surface area contributed by atoms with E-state index in [1.807, 2.05) is 0 Å². The van der Waals surface area contributed by atoms with Crippen LogP contribution in [0.25, 0.3) is 0 Å². The summed E-state index contributed by atoms with van der Waals surface area (Å²) in [4.78, 5) is 12.1. The molecule has 3 nitrogen and oxygen atoms in total. The molecule has 3 saturated carbocycles. The predicted octanol–water partition coefficient (Wildman–Crippen LogP) is 8.53. The molecule has 4 rings (SSSR count). The molecule has 8 atom stereocenters. The Bertz CT molecular complexity index is 744. The summed E-state index contributed by atoms with van der Waals surface area (Å²) in [5, 5.41) is 2.89. The molecule has 0 aromatic heterocycles. The van der Waals surface area contributed by atoms with Gasteiger partial charge in [-0.05, 0) is 97.7 Å². The van der Waals surface area contributed by atoms with E-state index in [-0.39, 0.29) is 12.2 Å². The van der Waals surface area contributed by atoms with E-state index in [2.05, 4.69) is 52.9 Å². The van der Waals surface area contributed by atoms with Crippen molar-refractivity contribution in [3.63, 3.8) is 0 Å². The highest BCUT2D eigenvalue weighted by atomic mass is 16.6. The molecule has 0 saturated heterocycles. The summed E-state index contributed by atoms with van der Waals surface area (Å²) in [6, 6.07) is 0. The fourth-order valence-corrected chi connectivity index (χ4v) is 9.17. The Kier molecular flexibility index (Phi) is 8.10. The van der Waals surface area contributed by atoms with E-state index in [1.165, 1.54) is 57.8 Å². The highest BCUT2D eigenvalue weighted by molar-refractivity contribution is 5.67. The van der Waals surface area contributed by atoms with Crippen molar-refractivity contribution in [1.82, 2.24) is 5.32 Å². The van der Waals surface area contributed by atoms with Gasteiger partial charge in [0.1, 0.15) is 6.10 Å². The average molecular weight is 472 g/mol. The first kappa shape index (κ1) is 26.1. The van der Waals surface area contributed by atoms with Gasteiger partial charge in [-0.2, -0.15) is 0 Å². The van der Waals surface area contributed by atoms with Gasteiger partial charge in [-0.1, -0.05) is 72.5 Å². The van der Waals surface area contributed by atoms with Gasteiger partial charge in [0.05, 0.1) is 0 Å². The van der Waals surface area contributed by atoms with Crippen LogP contribution in [-0.2, 0) is 4.74 Å². The van der Waals surface area contributed by atoms with E-state index in [4.69, 9.17) is 4.74 Å². The quantitative estimate of drug-likeness (QED) is 0.360. The Hall–Kier alpha value is -0.990. The van der Waals surface area contributed by atoms with Crippen molar-refractivity contribution in [2.24, 2.45) is 46.3 Å². The summed E-state index contributed by atoms with van der Waals surface area (Å²) < 4.78 is 5.81. The first-order valence-corrected chi connectivity index (χ1v) is 14.8. The van der Waals surface area contributed by atoms with E-state index in [1.54, 1.807) is 5.57 Å². The SMILES string of the molecule is CCCNC(=O)O[C@H]1CC[C@@]2(C)C(=CCC3C2CC[C@@]2(C)C3CC[C@@H]2[C@H](C)CCCC(C)C)C1. The summed E-state index contributed by atoms with van der Waals surface area (Å²) >= 11 is 0. The molecule has 0 heterocycles. The molecule has 1 N–H and O–H groups in total. The van der Waals surface area contributed by atoms with E-state index in [0.717, 1.165) is 54.8 Å². The number of hydrogen-bond acceptors (Lipinski definition) is 2. The van der Waals surface area contributed by atoms with Gasteiger partial charge in [-0.3, -0.25) is 0 Å². The zero-order chi connectivity index (χ0) is 24.5. The van der Waals surface area contributed by atoms with Crippen LogP contribution in [0.4, 0.5) is 4.79 Å². The van der Waals surface area contributed by atoms with E-state index in [0.29, 0.717) is 17.4 Å². The highest BCUT2D eigenvalue weighted by Gasteiger charge is 2.59. The fraction of sp³-hybridized carbons (Fsp3) is 0.903. The summed E-state index contributed by atoms with van der Waals surface area (Å²) in [5.74, 6) is 5.25. The lowest BCUT2D eigenvalue weighted by molar-refractivity contribution is -0.0581. The molecule has 34 heavy (non-hydrogen) atoms. The van der Waals surface area contributed by atoms with Crippen LogP contribution in [0.5, 0.6) is 0 Å². The lowest BCUT2D eigenvalue weighted by Gasteiger charge is -2.58. The third-order valence-corrected chi connectivity index (χ3v) is 11.1. The van der Waals surface area contributed by atoms with Crippen LogP contribution in [0.3, 0.4) is 0 Å². The highest BCUT2D eigenvalue weighted by Crippen LogP contribution is 2.67. The minimum absolute atomic E-state index is 0.0594. The maximum Gasteiger partial charge on any atom is 0.407 e. The number of fused-ring (bicyclic) bond motifs is 5. The van der Waals surface area contributed by atoms with Crippen molar-refractivity contribution in [2.75, 3.05) is 6.54 Å². The van der Waals surface area contributed by atoms with Gasteiger partial charge < -0.3 is 10.1 Å². The van der Waals surface area contributed by atoms with Crippen molar-refractivity contribution in [3.8, 4) is 0 Å². The number of carbonyl (C=O) groups is 1. The van der Waals surface area contributed by atoms with Crippen molar-refractivity contribution in [2.45, 2.75) is 125 Å². The minimum Gasteiger partial charge on any atom is -0.446 e. The van der Waals surface area contributed by atoms with E-state index in [9.17, 15) is 4.79 Å². The molecular formula is C31H53NO2. The summed E-state index contributed by atoms with van der Waals surface area (Å²) in [7, 11) is 0. The number of allylic oxidation sites excluding steroid dienone is 1. The number of alkyl carbamates (subject to hydrolysis) is 1. The van der Waals surface area contributed by atoms with Crippen molar-refractivity contribution >= 4 is 6.09 Å². The van der Waals surface area contributed by atoms with Crippen molar-refractivity contribution < 1.29 is 9.53 Å². The second-order valence-corrected chi connectivity index (χ2v) is 13.5. The fourth-order valence-electron chi connectivity index (χ4n) is 9.17. The van der Waals surface area contributed by atoms with Gasteiger partial charge >= 0.3 is 6.09 Å². The van der Waals surface area contributed by atoms with Crippen molar-refractivity contribution in [1.29, 1.82) is 0 Å². The monoisotopic (exact) mass is 471 g/mol. The number of ether oxygens (including phenoxy) is 1. The molecule has 0 bridgehead atoms. The predicted molar refractivity (Wildman–Crippen MR) is 142 cm³/mol. The van der Waals surface area contributed by atoms with Crippen LogP contribution in [-0.4, -0.2) is 18.7 Å². The molecule has 3 heteroatoms. The maximum absolute atomic E-state index is 12.1. The number of rotatable bonds is 8. The Morgan fingerprint density at radius 2 is 1.88 bits per heavy atom. The summed E-state index contributed by atoms with van der Waals surface area (Å²) in [6.07, 6.45) is 17.8. The summed E-state index contributed by atoms with van der Waals surface area (Å²) in [6.45, 7) is 15.3. The molecule has 0 aromatic rings. The first-order valence-electron chi connectivity index (χ1n) is 14.8. The number of amides is 1. The Balaban J connectivity index is 1.41. The van der Waals surface area contributed by atoms with Crippen LogP contribution in [0, 0.1) is 46.3 Å². The Labute approximate surface area is 210 Å². The maximum atomic E-state index is 12.1. The van der Waals surface area contributed by atoms with Gasteiger partial charge in [0.2, 0.25) is 0 Å². The molecule has 0 aromatic carbocycles. The molecule has 1 amide bonds. The topological polar surface area (TPSA) is 38.3 Å². The smallest absolute Gasteiger partial charge is 0.407 e. The molecule has 3 fully saturated rings. The van der Waals surface area contributed by atoms with Crippen molar-refractivity contribution in [3.05, 3.63) is 11.6 Å². The zero-order valence-electron chi connectivity index (χ0n) is 23.1. The number of carbonyl (C=O) groups excluding carboxylic acids is 1. The van der Waals surface area contributed by atoms with Crippen LogP contribution in [0.1, 0.15) is 119 Å². The summed E-state index contributed by atoms with van der Waals surface area (Å²) in [5.41, 5.74) is 2.48. The van der Waals surface area contributed by atoms with E-state index < -0.39 is 0 Å². The molecule has 0 spiro atoms. The lowest BCUT2D eigenvalue weighted by atomic mass is 9.47. The van der Waals surface area contributed by atoms with Crippen LogP contribution < -0.4 is 5.32 Å². The van der Waals surface area contributed by atoms with Gasteiger partial charge in [-0.25, -0.2) is 4.79 Å². The van der Waals surface area contributed by atoms with Gasteiger partial charge in [0.15, 0.2) is 0 Å². The molecule has 4 aliphatic rings. The second-order valence-electron chi connectivity index (χ2n) is 13.5. The van der Waals surface area contributed by atoms with Gasteiger partial charge in [0.25, 0.3) is 0 Å². The van der Waals surface area contributed by atoms with Gasteiger partial charge in [-0.15, -0.1) is 0 Å². The molecule has 4 aliphatic carbocycles. The van der Waals surface area contributed by atoms with Gasteiger partial charge in [0, 0.05) is 13.0 Å². The Morgan fingerprint density at radius 3 is 2.62 bits per heavy atom. The number of hydrogen-bond donors (Lipinski definition) is 1. The average Bonchev–Trinajstić information content (AvgIpc) is 3.15. The standard InChI is InChI=1S/C31H53NO2/c1-7-19-32-29(33)34-24-15-17-30(5)23(20-24)11-12-25-27-14-13-26(22(4)10-8-9-21(2)3)31(27,6)18-16-28(25)30/h11,21-22,24-28H,7-10,12-20H2,1-6H3,(H,32,33)/t22-,24+,25?,26-,27?,28?,30+,31-/m1/s1. The molecule has 3 unspecified atom stereocenters. The minimum atomic E-state index is -0.224. The Morgan fingerprint density at radius 1 is 1.09 bits per heavy atom. The molecule has 0 aliphatic heterocycles. The third kappa shape index (κ3) is 4.96.